The second-order valence-electron chi connectivity index (χ2n) is 8.81. The zero-order chi connectivity index (χ0) is 26.6. The predicted molar refractivity (Wildman–Crippen MR) is 147 cm³/mol. The first-order valence-electron chi connectivity index (χ1n) is 11.7. The Morgan fingerprint density at radius 2 is 1.53 bits per heavy atom. The topological polar surface area (TPSA) is 50.2 Å². The second-order valence-corrected chi connectivity index (χ2v) is 9.24. The summed E-state index contributed by atoms with van der Waals surface area (Å²) in [6.45, 7) is 1.41. The van der Waals surface area contributed by atoms with Crippen LogP contribution in [0.4, 0.5) is 13.2 Å². The number of pyridine rings is 1. The minimum absolute atomic E-state index is 0. The number of carbonyl (C=O) groups is 1. The van der Waals surface area contributed by atoms with Crippen molar-refractivity contribution in [2.75, 3.05) is 27.2 Å². The number of amides is 1. The number of halogens is 5. The first-order valence-corrected chi connectivity index (χ1v) is 12.1. The molecule has 0 radical (unpaired) electrons. The average Bonchev–Trinajstić information content (AvgIpc) is 3.31. The van der Waals surface area contributed by atoms with Crippen molar-refractivity contribution < 1.29 is 18.0 Å². The van der Waals surface area contributed by atoms with Crippen LogP contribution >= 0.6 is 24.0 Å². The Hall–Kier alpha value is -3.33. The minimum atomic E-state index is -4.60. The lowest BCUT2D eigenvalue weighted by Gasteiger charge is -2.18. The lowest BCUT2D eigenvalue weighted by atomic mass is 10.1. The van der Waals surface area contributed by atoms with Crippen LogP contribution in [0.3, 0.4) is 0 Å². The van der Waals surface area contributed by atoms with Gasteiger partial charge in [-0.3, -0.25) is 9.36 Å². The number of aromatic nitrogens is 2. The van der Waals surface area contributed by atoms with Crippen molar-refractivity contribution in [2.45, 2.75) is 12.6 Å². The number of alkyl halides is 3. The van der Waals surface area contributed by atoms with E-state index in [0.717, 1.165) is 19.0 Å². The molecule has 0 saturated heterocycles. The largest absolute Gasteiger partial charge is 0.419 e. The lowest BCUT2D eigenvalue weighted by molar-refractivity contribution is -0.137. The maximum atomic E-state index is 14.0. The van der Waals surface area contributed by atoms with Crippen LogP contribution in [0.5, 0.6) is 0 Å². The van der Waals surface area contributed by atoms with Crippen molar-refractivity contribution >= 4 is 29.9 Å². The molecule has 1 amide bonds. The van der Waals surface area contributed by atoms with Gasteiger partial charge in [0.1, 0.15) is 5.82 Å². The standard InChI is InChI=1S/C28H26ClF3N4O.ClH/c1-35(2)18-4-17-34-27(37)21-8-6-19(7-9-21)24-14-15-25(20-10-12-22(29)13-11-20)36(24)26-23(28(30,31)32)5-3-16-33-26;/h3,5-16H,4,17-18H2,1-2H3,(H,34,37);1H. The third-order valence-corrected chi connectivity index (χ3v) is 6.09. The molecule has 2 aromatic heterocycles. The smallest absolute Gasteiger partial charge is 0.352 e. The summed E-state index contributed by atoms with van der Waals surface area (Å²) in [4.78, 5) is 18.7. The highest BCUT2D eigenvalue weighted by molar-refractivity contribution is 6.30. The summed E-state index contributed by atoms with van der Waals surface area (Å²) in [5.41, 5.74) is 1.98. The number of nitrogens with zero attached hydrogens (tertiary/aromatic N) is 3. The highest BCUT2D eigenvalue weighted by atomic mass is 35.5. The highest BCUT2D eigenvalue weighted by Crippen LogP contribution is 2.38. The molecule has 0 fully saturated rings. The Balaban J connectivity index is 0.00000400. The number of hydrogen-bond acceptors (Lipinski definition) is 3. The van der Waals surface area contributed by atoms with Crippen molar-refractivity contribution in [3.8, 4) is 28.3 Å². The molecule has 0 spiro atoms. The van der Waals surface area contributed by atoms with Gasteiger partial charge in [-0.1, -0.05) is 35.9 Å². The summed E-state index contributed by atoms with van der Waals surface area (Å²) < 4.78 is 43.4. The lowest BCUT2D eigenvalue weighted by Crippen LogP contribution is -2.27. The van der Waals surface area contributed by atoms with E-state index < -0.39 is 11.7 Å². The van der Waals surface area contributed by atoms with Crippen LogP contribution < -0.4 is 5.32 Å². The van der Waals surface area contributed by atoms with Gasteiger partial charge in [-0.15, -0.1) is 12.4 Å². The molecular weight excluding hydrogens is 536 g/mol. The number of hydrogen-bond donors (Lipinski definition) is 1. The van der Waals surface area contributed by atoms with Crippen molar-refractivity contribution in [3.63, 3.8) is 0 Å². The van der Waals surface area contributed by atoms with E-state index in [1.165, 1.54) is 16.8 Å². The molecule has 4 rings (SSSR count). The molecule has 2 aromatic carbocycles. The minimum Gasteiger partial charge on any atom is -0.352 e. The fraction of sp³-hybridized carbons (Fsp3) is 0.214. The first kappa shape index (κ1) is 29.2. The average molecular weight is 563 g/mol. The SMILES string of the molecule is CN(C)CCCNC(=O)c1ccc(-c2ccc(-c3ccc(Cl)cc3)n2-c2ncccc2C(F)(F)F)cc1.Cl. The molecule has 38 heavy (non-hydrogen) atoms. The fourth-order valence-electron chi connectivity index (χ4n) is 4.02. The first-order chi connectivity index (χ1) is 17.6. The van der Waals surface area contributed by atoms with Gasteiger partial charge in [0.05, 0.1) is 17.0 Å². The van der Waals surface area contributed by atoms with Gasteiger partial charge < -0.3 is 10.2 Å². The summed E-state index contributed by atoms with van der Waals surface area (Å²) in [5.74, 6) is -0.436. The van der Waals surface area contributed by atoms with Gasteiger partial charge in [0.15, 0.2) is 0 Å². The van der Waals surface area contributed by atoms with Crippen LogP contribution in [0.25, 0.3) is 28.3 Å². The molecule has 5 nitrogen and oxygen atoms in total. The van der Waals surface area contributed by atoms with E-state index >= 15 is 0 Å². The number of rotatable bonds is 8. The predicted octanol–water partition coefficient (Wildman–Crippen LogP) is 6.98. The van der Waals surface area contributed by atoms with Gasteiger partial charge in [-0.05, 0) is 86.7 Å². The molecule has 2 heterocycles. The summed E-state index contributed by atoms with van der Waals surface area (Å²) in [6, 6.07) is 19.4. The van der Waals surface area contributed by atoms with Gasteiger partial charge in [-0.25, -0.2) is 4.98 Å². The zero-order valence-electron chi connectivity index (χ0n) is 20.8. The number of carbonyl (C=O) groups excluding carboxylic acids is 1. The third-order valence-electron chi connectivity index (χ3n) is 5.84. The molecule has 1 N–H and O–H groups in total. The van der Waals surface area contributed by atoms with Gasteiger partial charge in [0.2, 0.25) is 0 Å². The molecule has 0 bridgehead atoms. The van der Waals surface area contributed by atoms with Crippen molar-refractivity contribution in [3.05, 3.63) is 95.1 Å². The van der Waals surface area contributed by atoms with E-state index in [2.05, 4.69) is 10.3 Å². The zero-order valence-corrected chi connectivity index (χ0v) is 22.4. The Labute approximate surface area is 230 Å². The van der Waals surface area contributed by atoms with E-state index in [9.17, 15) is 18.0 Å². The molecule has 0 saturated carbocycles. The van der Waals surface area contributed by atoms with Crippen molar-refractivity contribution in [1.82, 2.24) is 19.8 Å². The summed E-state index contributed by atoms with van der Waals surface area (Å²) in [7, 11) is 3.94. The van der Waals surface area contributed by atoms with E-state index in [4.69, 9.17) is 11.6 Å². The van der Waals surface area contributed by atoms with Crippen LogP contribution in [-0.4, -0.2) is 47.5 Å². The van der Waals surface area contributed by atoms with Gasteiger partial charge in [0, 0.05) is 23.3 Å². The fourth-order valence-corrected chi connectivity index (χ4v) is 4.15. The van der Waals surface area contributed by atoms with Crippen LogP contribution in [0, 0.1) is 0 Å². The molecule has 0 aliphatic rings. The maximum absolute atomic E-state index is 14.0. The van der Waals surface area contributed by atoms with E-state index in [-0.39, 0.29) is 24.1 Å². The van der Waals surface area contributed by atoms with Gasteiger partial charge in [-0.2, -0.15) is 13.2 Å². The highest BCUT2D eigenvalue weighted by Gasteiger charge is 2.35. The van der Waals surface area contributed by atoms with Crippen LogP contribution in [-0.2, 0) is 6.18 Å². The molecule has 0 aliphatic carbocycles. The summed E-state index contributed by atoms with van der Waals surface area (Å²) in [5, 5.41) is 3.41. The van der Waals surface area contributed by atoms with Crippen LogP contribution in [0.15, 0.2) is 79.0 Å². The van der Waals surface area contributed by atoms with Gasteiger partial charge in [0.25, 0.3) is 5.91 Å². The quantitative estimate of drug-likeness (QED) is 0.236. The van der Waals surface area contributed by atoms with Crippen LogP contribution in [0.2, 0.25) is 5.02 Å². The second kappa shape index (κ2) is 12.5. The van der Waals surface area contributed by atoms with E-state index in [0.29, 0.717) is 39.6 Å². The van der Waals surface area contributed by atoms with E-state index in [1.54, 1.807) is 60.7 Å². The number of benzene rings is 2. The van der Waals surface area contributed by atoms with E-state index in [1.807, 2.05) is 19.0 Å². The molecule has 10 heteroatoms. The Kier molecular flexibility index (Phi) is 9.60. The molecule has 4 aromatic rings. The monoisotopic (exact) mass is 562 g/mol. The number of nitrogens with one attached hydrogen (secondary N) is 1. The Morgan fingerprint density at radius 3 is 2.08 bits per heavy atom. The molecular formula is C28H27Cl2F3N4O. The molecule has 0 atom stereocenters. The summed E-state index contributed by atoms with van der Waals surface area (Å²) >= 11 is 6.03. The summed E-state index contributed by atoms with van der Waals surface area (Å²) in [6.07, 6.45) is -2.44. The third kappa shape index (κ3) is 6.75. The van der Waals surface area contributed by atoms with Crippen molar-refractivity contribution in [2.24, 2.45) is 0 Å². The Morgan fingerprint density at radius 1 is 0.947 bits per heavy atom. The van der Waals surface area contributed by atoms with Gasteiger partial charge >= 0.3 is 6.18 Å². The normalized spacial score (nSPS) is 11.3. The molecule has 200 valence electrons. The maximum Gasteiger partial charge on any atom is 0.419 e. The van der Waals surface area contributed by atoms with Crippen LogP contribution in [0.1, 0.15) is 22.3 Å². The Bertz CT molecular complexity index is 1370. The molecule has 0 aliphatic heterocycles. The molecule has 0 unspecified atom stereocenters. The van der Waals surface area contributed by atoms with Crippen molar-refractivity contribution in [1.29, 1.82) is 0 Å².